The van der Waals surface area contributed by atoms with Crippen molar-refractivity contribution in [1.82, 2.24) is 9.97 Å². The lowest BCUT2D eigenvalue weighted by Crippen LogP contribution is -2.01. The number of nitrogens with zero attached hydrogens (tertiary/aromatic N) is 2. The van der Waals surface area contributed by atoms with Gasteiger partial charge < -0.3 is 10.1 Å². The lowest BCUT2D eigenvalue weighted by atomic mass is 10.3. The normalized spacial score (nSPS) is 10.4. The second-order valence-corrected chi connectivity index (χ2v) is 4.38. The van der Waals surface area contributed by atoms with Crippen molar-refractivity contribution < 1.29 is 4.74 Å². The average molecular weight is 284 g/mol. The molecule has 0 amide bonds. The molecule has 2 aromatic rings. The zero-order chi connectivity index (χ0) is 13.0. The van der Waals surface area contributed by atoms with E-state index in [-0.39, 0.29) is 0 Å². The molecule has 0 unspecified atom stereocenters. The topological polar surface area (TPSA) is 47.0 Å². The quantitative estimate of drug-likeness (QED) is 0.870. The molecule has 0 saturated carbocycles. The van der Waals surface area contributed by atoms with Gasteiger partial charge in [-0.25, -0.2) is 9.97 Å². The standard InChI is InChI=1S/C12H11Cl2N3O/c1-18-7-12-16-10(14)6-11(17-12)15-9-4-2-3-8(13)5-9/h2-6H,7H2,1H3,(H,15,16,17). The van der Waals surface area contributed by atoms with Gasteiger partial charge >= 0.3 is 0 Å². The number of hydrogen-bond acceptors (Lipinski definition) is 4. The molecule has 18 heavy (non-hydrogen) atoms. The van der Waals surface area contributed by atoms with E-state index in [0.29, 0.717) is 28.4 Å². The first-order chi connectivity index (χ1) is 8.67. The number of halogens is 2. The van der Waals surface area contributed by atoms with Gasteiger partial charge in [-0.2, -0.15) is 0 Å². The van der Waals surface area contributed by atoms with Crippen LogP contribution in [0.15, 0.2) is 30.3 Å². The van der Waals surface area contributed by atoms with Gasteiger partial charge in [-0.1, -0.05) is 29.3 Å². The van der Waals surface area contributed by atoms with Gasteiger partial charge in [0.2, 0.25) is 0 Å². The molecule has 0 aliphatic rings. The lowest BCUT2D eigenvalue weighted by molar-refractivity contribution is 0.178. The van der Waals surface area contributed by atoms with Crippen molar-refractivity contribution in [3.63, 3.8) is 0 Å². The summed E-state index contributed by atoms with van der Waals surface area (Å²) in [6, 6.07) is 8.98. The van der Waals surface area contributed by atoms with Crippen LogP contribution in [0.5, 0.6) is 0 Å². The predicted molar refractivity (Wildman–Crippen MR) is 72.5 cm³/mol. The second kappa shape index (κ2) is 6.00. The van der Waals surface area contributed by atoms with Gasteiger partial charge in [0, 0.05) is 23.9 Å². The summed E-state index contributed by atoms with van der Waals surface area (Å²) in [4.78, 5) is 8.32. The van der Waals surface area contributed by atoms with Gasteiger partial charge in [0.15, 0.2) is 5.82 Å². The van der Waals surface area contributed by atoms with Gasteiger partial charge in [0.05, 0.1) is 0 Å². The molecule has 4 nitrogen and oxygen atoms in total. The summed E-state index contributed by atoms with van der Waals surface area (Å²) in [6.07, 6.45) is 0. The van der Waals surface area contributed by atoms with Crippen LogP contribution in [-0.2, 0) is 11.3 Å². The van der Waals surface area contributed by atoms with E-state index in [1.165, 1.54) is 0 Å². The van der Waals surface area contributed by atoms with Crippen LogP contribution >= 0.6 is 23.2 Å². The van der Waals surface area contributed by atoms with Crippen LogP contribution in [-0.4, -0.2) is 17.1 Å². The van der Waals surface area contributed by atoms with E-state index >= 15 is 0 Å². The summed E-state index contributed by atoms with van der Waals surface area (Å²) in [5.41, 5.74) is 0.834. The maximum absolute atomic E-state index is 5.91. The fourth-order valence-electron chi connectivity index (χ4n) is 1.44. The number of anilines is 2. The van der Waals surface area contributed by atoms with E-state index in [1.54, 1.807) is 25.3 Å². The monoisotopic (exact) mass is 283 g/mol. The zero-order valence-corrected chi connectivity index (χ0v) is 11.2. The number of hydrogen-bond donors (Lipinski definition) is 1. The van der Waals surface area contributed by atoms with Gasteiger partial charge in [0.25, 0.3) is 0 Å². The molecule has 0 spiro atoms. The highest BCUT2D eigenvalue weighted by atomic mass is 35.5. The molecule has 2 rings (SSSR count). The van der Waals surface area contributed by atoms with E-state index in [1.807, 2.05) is 12.1 Å². The summed E-state index contributed by atoms with van der Waals surface area (Å²) < 4.78 is 4.97. The molecule has 0 aliphatic carbocycles. The second-order valence-electron chi connectivity index (χ2n) is 3.56. The Bertz CT molecular complexity index is 549. The van der Waals surface area contributed by atoms with Gasteiger partial charge in [-0.05, 0) is 18.2 Å². The predicted octanol–water partition coefficient (Wildman–Crippen LogP) is 3.67. The Hall–Kier alpha value is -1.36. The number of nitrogens with one attached hydrogen (secondary N) is 1. The summed E-state index contributed by atoms with van der Waals surface area (Å²) >= 11 is 11.8. The van der Waals surface area contributed by atoms with Gasteiger partial charge in [0.1, 0.15) is 17.6 Å². The summed E-state index contributed by atoms with van der Waals surface area (Å²) in [5.74, 6) is 1.12. The molecule has 1 N–H and O–H groups in total. The van der Waals surface area contributed by atoms with Crippen molar-refractivity contribution in [3.05, 3.63) is 46.3 Å². The first-order valence-corrected chi connectivity index (χ1v) is 5.98. The van der Waals surface area contributed by atoms with E-state index in [2.05, 4.69) is 15.3 Å². The molecule has 1 aromatic carbocycles. The molecule has 0 atom stereocenters. The van der Waals surface area contributed by atoms with Crippen molar-refractivity contribution in [2.45, 2.75) is 6.61 Å². The van der Waals surface area contributed by atoms with Crippen LogP contribution in [0.25, 0.3) is 0 Å². The minimum Gasteiger partial charge on any atom is -0.377 e. The van der Waals surface area contributed by atoms with Crippen LogP contribution in [0, 0.1) is 0 Å². The number of rotatable bonds is 4. The number of ether oxygens (including phenoxy) is 1. The molecule has 1 heterocycles. The molecular formula is C12H11Cl2N3O. The lowest BCUT2D eigenvalue weighted by Gasteiger charge is -2.07. The fourth-order valence-corrected chi connectivity index (χ4v) is 1.83. The van der Waals surface area contributed by atoms with Crippen LogP contribution < -0.4 is 5.32 Å². The van der Waals surface area contributed by atoms with Gasteiger partial charge in [-0.15, -0.1) is 0 Å². The highest BCUT2D eigenvalue weighted by molar-refractivity contribution is 6.31. The van der Waals surface area contributed by atoms with Crippen molar-refractivity contribution in [3.8, 4) is 0 Å². The van der Waals surface area contributed by atoms with Crippen molar-refractivity contribution in [1.29, 1.82) is 0 Å². The minimum absolute atomic E-state index is 0.310. The van der Waals surface area contributed by atoms with E-state index in [4.69, 9.17) is 27.9 Å². The summed E-state index contributed by atoms with van der Waals surface area (Å²) in [7, 11) is 1.58. The SMILES string of the molecule is COCc1nc(Cl)cc(Nc2cccc(Cl)c2)n1. The van der Waals surface area contributed by atoms with E-state index in [9.17, 15) is 0 Å². The van der Waals surface area contributed by atoms with Crippen molar-refractivity contribution in [2.75, 3.05) is 12.4 Å². The highest BCUT2D eigenvalue weighted by Gasteiger charge is 2.04. The molecular weight excluding hydrogens is 273 g/mol. The van der Waals surface area contributed by atoms with Gasteiger partial charge in [-0.3, -0.25) is 0 Å². The Morgan fingerprint density at radius 2 is 2.06 bits per heavy atom. The third kappa shape index (κ3) is 3.57. The highest BCUT2D eigenvalue weighted by Crippen LogP contribution is 2.20. The molecule has 0 fully saturated rings. The maximum atomic E-state index is 5.91. The largest absolute Gasteiger partial charge is 0.377 e. The van der Waals surface area contributed by atoms with Crippen molar-refractivity contribution >= 4 is 34.7 Å². The first-order valence-electron chi connectivity index (χ1n) is 5.22. The Kier molecular flexibility index (Phi) is 4.36. The number of aromatic nitrogens is 2. The van der Waals surface area contributed by atoms with Crippen LogP contribution in [0.4, 0.5) is 11.5 Å². The van der Waals surface area contributed by atoms with Crippen molar-refractivity contribution in [2.24, 2.45) is 0 Å². The smallest absolute Gasteiger partial charge is 0.158 e. The molecule has 1 aromatic heterocycles. The van der Waals surface area contributed by atoms with Crippen LogP contribution in [0.2, 0.25) is 10.2 Å². The van der Waals surface area contributed by atoms with E-state index in [0.717, 1.165) is 5.69 Å². The van der Waals surface area contributed by atoms with Crippen LogP contribution in [0.3, 0.4) is 0 Å². The maximum Gasteiger partial charge on any atom is 0.158 e. The minimum atomic E-state index is 0.310. The Labute approximate surface area is 115 Å². The number of methoxy groups -OCH3 is 1. The molecule has 0 radical (unpaired) electrons. The summed E-state index contributed by atoms with van der Waals surface area (Å²) in [5, 5.41) is 4.12. The molecule has 94 valence electrons. The third-order valence-corrected chi connectivity index (χ3v) is 2.54. The van der Waals surface area contributed by atoms with E-state index < -0.39 is 0 Å². The Morgan fingerprint density at radius 1 is 1.22 bits per heavy atom. The molecule has 0 saturated heterocycles. The molecule has 0 bridgehead atoms. The first kappa shape index (κ1) is 13.1. The third-order valence-electron chi connectivity index (χ3n) is 2.11. The fraction of sp³-hybridized carbons (Fsp3) is 0.167. The summed E-state index contributed by atoms with van der Waals surface area (Å²) in [6.45, 7) is 0.310. The Balaban J connectivity index is 2.23. The molecule has 0 aliphatic heterocycles. The Morgan fingerprint density at radius 3 is 2.78 bits per heavy atom. The van der Waals surface area contributed by atoms with Crippen LogP contribution in [0.1, 0.15) is 5.82 Å². The zero-order valence-electron chi connectivity index (χ0n) is 9.65. The molecule has 6 heteroatoms. The average Bonchev–Trinajstić information content (AvgIpc) is 2.28. The number of benzene rings is 1.